The first-order valence-corrected chi connectivity index (χ1v) is 8.64. The van der Waals surface area contributed by atoms with Crippen molar-refractivity contribution in [3.63, 3.8) is 0 Å². The van der Waals surface area contributed by atoms with E-state index in [1.165, 1.54) is 13.2 Å². The molecule has 8 heteroatoms. The summed E-state index contributed by atoms with van der Waals surface area (Å²) in [5.41, 5.74) is 0.194. The predicted molar refractivity (Wildman–Crippen MR) is 92.9 cm³/mol. The number of halogens is 2. The fourth-order valence-electron chi connectivity index (χ4n) is 2.97. The SMILES string of the molecule is COc1cc(I)cc(C(CCC(=O)O)C(C(=O)O)N2CCC2)c1F. The lowest BCUT2D eigenvalue weighted by Gasteiger charge is -2.40. The third kappa shape index (κ3) is 4.15. The van der Waals surface area contributed by atoms with E-state index in [1.54, 1.807) is 11.0 Å². The molecule has 0 saturated carbocycles. The second kappa shape index (κ2) is 8.11. The van der Waals surface area contributed by atoms with Crippen LogP contribution in [-0.2, 0) is 9.59 Å². The molecule has 0 spiro atoms. The Balaban J connectivity index is 2.47. The molecule has 1 aliphatic rings. The second-order valence-electron chi connectivity index (χ2n) is 5.72. The van der Waals surface area contributed by atoms with E-state index in [-0.39, 0.29) is 24.2 Å². The lowest BCUT2D eigenvalue weighted by Crippen LogP contribution is -2.52. The van der Waals surface area contributed by atoms with E-state index in [4.69, 9.17) is 9.84 Å². The number of nitrogens with zero attached hydrogens (tertiary/aromatic N) is 1. The summed E-state index contributed by atoms with van der Waals surface area (Å²) in [6.07, 6.45) is 0.700. The Kier molecular flexibility index (Phi) is 6.39. The quantitative estimate of drug-likeness (QED) is 0.591. The van der Waals surface area contributed by atoms with Gasteiger partial charge < -0.3 is 14.9 Å². The molecule has 2 N–H and O–H groups in total. The number of benzene rings is 1. The van der Waals surface area contributed by atoms with Crippen LogP contribution in [0.25, 0.3) is 0 Å². The van der Waals surface area contributed by atoms with Crippen molar-refractivity contribution < 1.29 is 28.9 Å². The summed E-state index contributed by atoms with van der Waals surface area (Å²) >= 11 is 2.00. The van der Waals surface area contributed by atoms with Gasteiger partial charge in [-0.3, -0.25) is 14.5 Å². The molecular weight excluding hydrogens is 432 g/mol. The summed E-state index contributed by atoms with van der Waals surface area (Å²) in [7, 11) is 1.34. The number of carboxylic acids is 2. The second-order valence-corrected chi connectivity index (χ2v) is 6.97. The zero-order valence-corrected chi connectivity index (χ0v) is 15.3. The number of methoxy groups -OCH3 is 1. The summed E-state index contributed by atoms with van der Waals surface area (Å²) in [4.78, 5) is 24.5. The first-order chi connectivity index (χ1) is 11.3. The number of ether oxygens (including phenoxy) is 1. The Morgan fingerprint density at radius 3 is 2.50 bits per heavy atom. The van der Waals surface area contributed by atoms with Gasteiger partial charge in [0.15, 0.2) is 11.6 Å². The van der Waals surface area contributed by atoms with Crippen molar-refractivity contribution in [2.45, 2.75) is 31.2 Å². The molecule has 0 bridgehead atoms. The molecule has 2 atom stereocenters. The van der Waals surface area contributed by atoms with Crippen LogP contribution in [-0.4, -0.2) is 53.3 Å². The average molecular weight is 451 g/mol. The maximum atomic E-state index is 14.7. The molecule has 0 aromatic heterocycles. The highest BCUT2D eigenvalue weighted by molar-refractivity contribution is 14.1. The van der Waals surface area contributed by atoms with Crippen LogP contribution in [0.1, 0.15) is 30.7 Å². The number of carboxylic acid groups (broad SMARTS) is 2. The molecular formula is C16H19FINO5. The van der Waals surface area contributed by atoms with Crippen molar-refractivity contribution in [3.8, 4) is 5.75 Å². The van der Waals surface area contributed by atoms with Gasteiger partial charge in [-0.2, -0.15) is 0 Å². The molecule has 1 aliphatic heterocycles. The third-order valence-corrected chi connectivity index (χ3v) is 4.86. The largest absolute Gasteiger partial charge is 0.494 e. The Morgan fingerprint density at radius 1 is 1.38 bits per heavy atom. The summed E-state index contributed by atoms with van der Waals surface area (Å²) in [6.45, 7) is 1.23. The highest BCUT2D eigenvalue weighted by Gasteiger charge is 2.39. The van der Waals surface area contributed by atoms with Gasteiger partial charge in [0.25, 0.3) is 0 Å². The van der Waals surface area contributed by atoms with E-state index in [0.717, 1.165) is 6.42 Å². The van der Waals surface area contributed by atoms with Gasteiger partial charge >= 0.3 is 11.9 Å². The smallest absolute Gasteiger partial charge is 0.321 e. The van der Waals surface area contributed by atoms with Crippen molar-refractivity contribution in [3.05, 3.63) is 27.1 Å². The summed E-state index contributed by atoms with van der Waals surface area (Å²) in [5.74, 6) is -3.46. The zero-order valence-electron chi connectivity index (χ0n) is 13.2. The van der Waals surface area contributed by atoms with Crippen LogP contribution < -0.4 is 4.74 Å². The van der Waals surface area contributed by atoms with Crippen LogP contribution in [0.4, 0.5) is 4.39 Å². The normalized spacial score (nSPS) is 17.0. The molecule has 2 rings (SSSR count). The molecule has 1 aromatic rings. The number of aliphatic carboxylic acids is 2. The minimum atomic E-state index is -1.07. The van der Waals surface area contributed by atoms with Crippen molar-refractivity contribution in [1.29, 1.82) is 0 Å². The van der Waals surface area contributed by atoms with Gasteiger partial charge in [-0.25, -0.2) is 4.39 Å². The summed E-state index contributed by atoms with van der Waals surface area (Å²) < 4.78 is 20.5. The molecule has 0 aliphatic carbocycles. The topological polar surface area (TPSA) is 87.1 Å². The van der Waals surface area contributed by atoms with Crippen LogP contribution in [0.15, 0.2) is 12.1 Å². The molecule has 132 valence electrons. The molecule has 6 nitrogen and oxygen atoms in total. The van der Waals surface area contributed by atoms with Crippen LogP contribution in [0.5, 0.6) is 5.75 Å². The highest BCUT2D eigenvalue weighted by Crippen LogP contribution is 2.36. The van der Waals surface area contributed by atoms with E-state index in [0.29, 0.717) is 16.7 Å². The average Bonchev–Trinajstić information content (AvgIpc) is 2.46. The van der Waals surface area contributed by atoms with Crippen molar-refractivity contribution in [1.82, 2.24) is 4.90 Å². The van der Waals surface area contributed by atoms with E-state index >= 15 is 0 Å². The maximum absolute atomic E-state index is 14.7. The fraction of sp³-hybridized carbons (Fsp3) is 0.500. The van der Waals surface area contributed by atoms with Gasteiger partial charge in [-0.15, -0.1) is 0 Å². The van der Waals surface area contributed by atoms with E-state index in [1.807, 2.05) is 22.6 Å². The number of carbonyl (C=O) groups is 2. The van der Waals surface area contributed by atoms with Crippen molar-refractivity contribution >= 4 is 34.5 Å². The number of likely N-dealkylation sites (tertiary alicyclic amines) is 1. The first-order valence-electron chi connectivity index (χ1n) is 7.56. The van der Waals surface area contributed by atoms with Crippen molar-refractivity contribution in [2.75, 3.05) is 20.2 Å². The zero-order chi connectivity index (χ0) is 17.9. The monoisotopic (exact) mass is 451 g/mol. The maximum Gasteiger partial charge on any atom is 0.321 e. The lowest BCUT2D eigenvalue weighted by molar-refractivity contribution is -0.147. The minimum absolute atomic E-state index is 0.0324. The number of rotatable bonds is 8. The first kappa shape index (κ1) is 18.9. The van der Waals surface area contributed by atoms with Crippen LogP contribution in [0.2, 0.25) is 0 Å². The molecule has 2 unspecified atom stereocenters. The summed E-state index contributed by atoms with van der Waals surface area (Å²) in [5, 5.41) is 18.6. The lowest BCUT2D eigenvalue weighted by atomic mass is 9.84. The van der Waals surface area contributed by atoms with Gasteiger partial charge in [0.1, 0.15) is 6.04 Å². The molecule has 24 heavy (non-hydrogen) atoms. The van der Waals surface area contributed by atoms with Gasteiger partial charge in [-0.05, 0) is 53.1 Å². The van der Waals surface area contributed by atoms with Gasteiger partial charge in [-0.1, -0.05) is 0 Å². The van der Waals surface area contributed by atoms with E-state index < -0.39 is 29.7 Å². The van der Waals surface area contributed by atoms with Gasteiger partial charge in [0.05, 0.1) is 7.11 Å². The molecule has 1 fully saturated rings. The third-order valence-electron chi connectivity index (χ3n) is 4.24. The number of hydrogen-bond acceptors (Lipinski definition) is 4. The Hall–Kier alpha value is -1.42. The van der Waals surface area contributed by atoms with Gasteiger partial charge in [0.2, 0.25) is 0 Å². The van der Waals surface area contributed by atoms with Crippen LogP contribution in [0.3, 0.4) is 0 Å². The van der Waals surface area contributed by atoms with E-state index in [9.17, 15) is 19.1 Å². The summed E-state index contributed by atoms with van der Waals surface area (Å²) in [6, 6.07) is 2.14. The molecule has 0 radical (unpaired) electrons. The Labute approximate surface area is 152 Å². The highest BCUT2D eigenvalue weighted by atomic mass is 127. The molecule has 1 heterocycles. The Morgan fingerprint density at radius 2 is 2.04 bits per heavy atom. The molecule has 1 aromatic carbocycles. The van der Waals surface area contributed by atoms with Gasteiger partial charge in [0, 0.05) is 29.0 Å². The van der Waals surface area contributed by atoms with Crippen molar-refractivity contribution in [2.24, 2.45) is 0 Å². The van der Waals surface area contributed by atoms with E-state index in [2.05, 4.69) is 0 Å². The minimum Gasteiger partial charge on any atom is -0.494 e. The fourth-order valence-corrected chi connectivity index (χ4v) is 3.59. The Bertz CT molecular complexity index is 635. The van der Waals surface area contributed by atoms with Crippen LogP contribution in [0, 0.1) is 9.39 Å². The molecule has 1 saturated heterocycles. The molecule has 0 amide bonds. The number of hydrogen-bond donors (Lipinski definition) is 2. The van der Waals surface area contributed by atoms with Crippen LogP contribution >= 0.6 is 22.6 Å². The predicted octanol–water partition coefficient (Wildman–Crippen LogP) is 2.55. The standard InChI is InChI=1S/C16H19FINO5/c1-24-12-8-9(18)7-11(14(12)17)10(3-4-13(20)21)15(16(22)23)19-5-2-6-19/h7-8,10,15H,2-6H2,1H3,(H,20,21)(H,22,23).